The zero-order valence-corrected chi connectivity index (χ0v) is 21.6. The fraction of sp³-hybridized carbons (Fsp3) is 0.458. The molecule has 3 heterocycles. The molecule has 5 N–H and O–H groups in total. The number of nitrogens with zero attached hydrogens (tertiary/aromatic N) is 4. The second-order valence-corrected chi connectivity index (χ2v) is 8.91. The molecular weight excluding hydrogens is 520 g/mol. The van der Waals surface area contributed by atoms with Crippen LogP contribution in [0, 0.1) is 0 Å². The van der Waals surface area contributed by atoms with Crippen LogP contribution in [-0.2, 0) is 35.0 Å². The van der Waals surface area contributed by atoms with E-state index in [1.165, 1.54) is 10.9 Å². The number of carbonyl (C=O) groups excluding carboxylic acids is 2. The molecule has 1 aromatic carbocycles. The van der Waals surface area contributed by atoms with Gasteiger partial charge in [-0.1, -0.05) is 30.3 Å². The van der Waals surface area contributed by atoms with Gasteiger partial charge in [-0.15, -0.1) is 0 Å². The molecule has 2 aromatic heterocycles. The number of fused-ring (bicyclic) bond motifs is 1. The van der Waals surface area contributed by atoms with Crippen molar-refractivity contribution in [3.8, 4) is 0 Å². The Labute approximate surface area is 223 Å². The first-order valence-electron chi connectivity index (χ1n) is 12.0. The Balaban J connectivity index is 1.62. The van der Waals surface area contributed by atoms with E-state index in [0.717, 1.165) is 0 Å². The summed E-state index contributed by atoms with van der Waals surface area (Å²) in [5, 5.41) is 10.8. The standard InChI is InChI=1S/C24H29ClN6O7/c1-3-35-21(33)24(22(34)36-4-2,10-13-8-6-5-7-9-13)37-11-14-15(26)17(32)20(38-14)31-12-28-16-18(27)29-23(25)30-19(16)31/h5-9,12,14-15,17,20,32H,3-4,10-11,26H2,1-2H3,(H2,27,29,30)/t14-,15+,17-,20-/m1/s1. The highest BCUT2D eigenvalue weighted by molar-refractivity contribution is 6.28. The molecule has 1 fully saturated rings. The fourth-order valence-corrected chi connectivity index (χ4v) is 4.41. The lowest BCUT2D eigenvalue weighted by Crippen LogP contribution is -2.55. The topological polar surface area (TPSA) is 187 Å². The van der Waals surface area contributed by atoms with Gasteiger partial charge in [0.2, 0.25) is 5.28 Å². The van der Waals surface area contributed by atoms with Crippen LogP contribution in [0.25, 0.3) is 11.2 Å². The van der Waals surface area contributed by atoms with Crippen LogP contribution in [0.15, 0.2) is 36.7 Å². The second-order valence-electron chi connectivity index (χ2n) is 8.58. The van der Waals surface area contributed by atoms with Gasteiger partial charge in [0, 0.05) is 6.42 Å². The van der Waals surface area contributed by atoms with Crippen molar-refractivity contribution >= 4 is 40.5 Å². The first kappa shape index (κ1) is 27.7. The van der Waals surface area contributed by atoms with Crippen LogP contribution in [0.3, 0.4) is 0 Å². The van der Waals surface area contributed by atoms with Crippen molar-refractivity contribution in [1.82, 2.24) is 19.5 Å². The highest BCUT2D eigenvalue weighted by Gasteiger charge is 2.52. The zero-order valence-electron chi connectivity index (χ0n) is 20.8. The Bertz CT molecular complexity index is 1270. The van der Waals surface area contributed by atoms with Gasteiger partial charge >= 0.3 is 11.9 Å². The fourth-order valence-electron chi connectivity index (χ4n) is 4.24. The summed E-state index contributed by atoms with van der Waals surface area (Å²) in [6.07, 6.45) is -2.00. The summed E-state index contributed by atoms with van der Waals surface area (Å²) in [6, 6.07) is 7.87. The zero-order chi connectivity index (χ0) is 27.4. The van der Waals surface area contributed by atoms with Gasteiger partial charge in [0.25, 0.3) is 5.60 Å². The predicted octanol–water partition coefficient (Wildman–Crippen LogP) is 0.772. The lowest BCUT2D eigenvalue weighted by atomic mass is 9.93. The molecule has 4 atom stereocenters. The van der Waals surface area contributed by atoms with Gasteiger partial charge in [0.15, 0.2) is 17.7 Å². The van der Waals surface area contributed by atoms with Gasteiger partial charge in [-0.3, -0.25) is 4.57 Å². The molecule has 1 aliphatic rings. The van der Waals surface area contributed by atoms with Crippen molar-refractivity contribution in [1.29, 1.82) is 0 Å². The number of ether oxygens (including phenoxy) is 4. The summed E-state index contributed by atoms with van der Waals surface area (Å²) < 4.78 is 23.9. The van der Waals surface area contributed by atoms with Gasteiger partial charge in [-0.2, -0.15) is 9.97 Å². The maximum atomic E-state index is 13.2. The van der Waals surface area contributed by atoms with Gasteiger partial charge in [0.05, 0.1) is 32.2 Å². The van der Waals surface area contributed by atoms with Crippen LogP contribution in [0.1, 0.15) is 25.6 Å². The normalized spacial score (nSPS) is 21.5. The molecule has 1 saturated heterocycles. The quantitative estimate of drug-likeness (QED) is 0.184. The van der Waals surface area contributed by atoms with E-state index in [2.05, 4.69) is 15.0 Å². The highest BCUT2D eigenvalue weighted by atomic mass is 35.5. The number of halogens is 1. The average molecular weight is 549 g/mol. The number of anilines is 1. The van der Waals surface area contributed by atoms with Crippen molar-refractivity contribution in [2.45, 2.75) is 50.3 Å². The molecule has 0 spiro atoms. The van der Waals surface area contributed by atoms with Crippen molar-refractivity contribution in [2.75, 3.05) is 25.6 Å². The van der Waals surface area contributed by atoms with Crippen molar-refractivity contribution < 1.29 is 33.6 Å². The first-order valence-corrected chi connectivity index (χ1v) is 12.4. The Morgan fingerprint density at radius 1 is 1.16 bits per heavy atom. The predicted molar refractivity (Wildman–Crippen MR) is 135 cm³/mol. The van der Waals surface area contributed by atoms with Crippen LogP contribution < -0.4 is 11.5 Å². The van der Waals surface area contributed by atoms with Crippen molar-refractivity contribution in [3.05, 3.63) is 47.5 Å². The van der Waals surface area contributed by atoms with E-state index in [0.29, 0.717) is 5.56 Å². The number of nitrogens with two attached hydrogens (primary N) is 2. The number of hydrogen-bond donors (Lipinski definition) is 3. The maximum Gasteiger partial charge on any atom is 0.350 e. The van der Waals surface area contributed by atoms with Gasteiger partial charge in [-0.05, 0) is 31.0 Å². The van der Waals surface area contributed by atoms with Crippen LogP contribution in [0.4, 0.5) is 5.82 Å². The number of esters is 2. The second kappa shape index (κ2) is 11.6. The lowest BCUT2D eigenvalue weighted by molar-refractivity contribution is -0.195. The summed E-state index contributed by atoms with van der Waals surface area (Å²) in [4.78, 5) is 38.5. The third-order valence-electron chi connectivity index (χ3n) is 6.13. The maximum absolute atomic E-state index is 13.2. The molecule has 0 aliphatic carbocycles. The Kier molecular flexibility index (Phi) is 8.43. The number of rotatable bonds is 10. The van der Waals surface area contributed by atoms with Crippen molar-refractivity contribution in [3.63, 3.8) is 0 Å². The molecule has 13 nitrogen and oxygen atoms in total. The molecule has 4 rings (SSSR count). The molecular formula is C24H29ClN6O7. The number of hydrogen-bond acceptors (Lipinski definition) is 12. The van der Waals surface area contributed by atoms with E-state index in [9.17, 15) is 14.7 Å². The molecule has 0 radical (unpaired) electrons. The van der Waals surface area contributed by atoms with Crippen LogP contribution >= 0.6 is 11.6 Å². The molecule has 0 unspecified atom stereocenters. The molecule has 1 aliphatic heterocycles. The van der Waals surface area contributed by atoms with E-state index in [4.69, 9.17) is 42.0 Å². The van der Waals surface area contributed by atoms with Crippen molar-refractivity contribution in [2.24, 2.45) is 5.73 Å². The van der Waals surface area contributed by atoms with E-state index in [-0.39, 0.29) is 48.5 Å². The number of carbonyl (C=O) groups is 2. The molecule has 0 saturated carbocycles. The minimum absolute atomic E-state index is 0.0135. The number of imidazole rings is 1. The largest absolute Gasteiger partial charge is 0.463 e. The SMILES string of the molecule is CCOC(=O)C(Cc1ccccc1)(OC[C@H]1O[C@@H](n2cnc3c(N)nc(Cl)nc32)[C@H](O)[C@H]1N)C(=O)OCC. The first-order chi connectivity index (χ1) is 18.2. The third kappa shape index (κ3) is 5.28. The molecule has 0 amide bonds. The Morgan fingerprint density at radius 2 is 1.82 bits per heavy atom. The number of aliphatic hydroxyl groups is 1. The molecule has 38 heavy (non-hydrogen) atoms. The minimum atomic E-state index is -2.13. The number of benzene rings is 1. The smallest absolute Gasteiger partial charge is 0.350 e. The third-order valence-corrected chi connectivity index (χ3v) is 6.29. The van der Waals surface area contributed by atoms with E-state index >= 15 is 0 Å². The monoisotopic (exact) mass is 548 g/mol. The Morgan fingerprint density at radius 3 is 2.45 bits per heavy atom. The molecule has 14 heteroatoms. The van der Waals surface area contributed by atoms with Gasteiger partial charge in [0.1, 0.15) is 17.7 Å². The number of aromatic nitrogens is 4. The lowest BCUT2D eigenvalue weighted by Gasteiger charge is -2.31. The van der Waals surface area contributed by atoms with E-state index in [1.54, 1.807) is 44.2 Å². The number of nitrogen functional groups attached to an aromatic ring is 1. The van der Waals surface area contributed by atoms with Crippen LogP contribution in [0.5, 0.6) is 0 Å². The van der Waals surface area contributed by atoms with Crippen LogP contribution in [0.2, 0.25) is 5.28 Å². The van der Waals surface area contributed by atoms with Gasteiger partial charge < -0.3 is 35.5 Å². The summed E-state index contributed by atoms with van der Waals surface area (Å²) >= 11 is 5.95. The molecule has 0 bridgehead atoms. The minimum Gasteiger partial charge on any atom is -0.463 e. The summed E-state index contributed by atoms with van der Waals surface area (Å²) in [5.74, 6) is -1.76. The van der Waals surface area contributed by atoms with Crippen LogP contribution in [-0.4, -0.2) is 80.2 Å². The summed E-state index contributed by atoms with van der Waals surface area (Å²) in [5.41, 5.74) is 11.2. The average Bonchev–Trinajstić information content (AvgIpc) is 3.43. The summed E-state index contributed by atoms with van der Waals surface area (Å²) in [7, 11) is 0. The summed E-state index contributed by atoms with van der Waals surface area (Å²) in [6.45, 7) is 2.92. The molecule has 3 aromatic rings. The van der Waals surface area contributed by atoms with E-state index < -0.39 is 42.0 Å². The van der Waals surface area contributed by atoms with Gasteiger partial charge in [-0.25, -0.2) is 14.6 Å². The Hall–Kier alpha value is -3.36. The molecule has 204 valence electrons. The van der Waals surface area contributed by atoms with E-state index in [1.807, 2.05) is 0 Å². The highest BCUT2D eigenvalue weighted by Crippen LogP contribution is 2.33. The number of aliphatic hydroxyl groups excluding tert-OH is 1.